The molecule has 1 fully saturated rings. The van der Waals surface area contributed by atoms with Crippen molar-refractivity contribution in [2.24, 2.45) is 0 Å². The predicted octanol–water partition coefficient (Wildman–Crippen LogP) is 0.718. The lowest BCUT2D eigenvalue weighted by Crippen LogP contribution is -3.15. The molecule has 0 atom stereocenters. The molecular formula is C21H29N4O3+. The smallest absolute Gasteiger partial charge is 0.410 e. The Labute approximate surface area is 165 Å². The van der Waals surface area contributed by atoms with Gasteiger partial charge in [-0.3, -0.25) is 9.69 Å². The molecular weight excluding hydrogens is 356 g/mol. The molecule has 1 aromatic carbocycles. The van der Waals surface area contributed by atoms with E-state index in [9.17, 15) is 9.59 Å². The number of piperazine rings is 1. The number of ether oxygens (including phenoxy) is 1. The zero-order valence-corrected chi connectivity index (χ0v) is 16.7. The van der Waals surface area contributed by atoms with E-state index in [0.29, 0.717) is 32.8 Å². The number of H-pyrrole nitrogens is 1. The van der Waals surface area contributed by atoms with E-state index in [-0.39, 0.29) is 12.0 Å². The maximum atomic E-state index is 12.9. The number of hydrogen-bond acceptors (Lipinski definition) is 3. The van der Waals surface area contributed by atoms with Gasteiger partial charge in [0.1, 0.15) is 0 Å². The van der Waals surface area contributed by atoms with Crippen molar-refractivity contribution in [3.8, 4) is 0 Å². The number of rotatable bonds is 3. The summed E-state index contributed by atoms with van der Waals surface area (Å²) < 4.78 is 5.06. The summed E-state index contributed by atoms with van der Waals surface area (Å²) in [7, 11) is 0. The zero-order chi connectivity index (χ0) is 19.7. The van der Waals surface area contributed by atoms with Gasteiger partial charge in [-0.2, -0.15) is 0 Å². The van der Waals surface area contributed by atoms with Crippen LogP contribution in [-0.4, -0.2) is 72.7 Å². The number of nitrogens with zero attached hydrogens (tertiary/aromatic N) is 2. The van der Waals surface area contributed by atoms with Crippen molar-refractivity contribution in [1.29, 1.82) is 0 Å². The highest BCUT2D eigenvalue weighted by molar-refractivity contribution is 5.86. The van der Waals surface area contributed by atoms with Gasteiger partial charge in [0.25, 0.3) is 5.91 Å². The Morgan fingerprint density at radius 3 is 2.71 bits per heavy atom. The molecule has 3 heterocycles. The maximum Gasteiger partial charge on any atom is 0.410 e. The summed E-state index contributed by atoms with van der Waals surface area (Å²) in [6.45, 7) is 9.12. The third kappa shape index (κ3) is 3.71. The summed E-state index contributed by atoms with van der Waals surface area (Å²) in [5.41, 5.74) is 4.92. The first-order valence-corrected chi connectivity index (χ1v) is 10.2. The number of quaternary nitrogens is 1. The van der Waals surface area contributed by atoms with Crippen LogP contribution in [-0.2, 0) is 22.5 Å². The minimum absolute atomic E-state index is 0.201. The fourth-order valence-corrected chi connectivity index (χ4v) is 4.26. The molecule has 1 saturated heterocycles. The van der Waals surface area contributed by atoms with Gasteiger partial charge in [0, 0.05) is 41.7 Å². The molecule has 150 valence electrons. The Morgan fingerprint density at radius 2 is 1.96 bits per heavy atom. The zero-order valence-electron chi connectivity index (χ0n) is 16.7. The Hall–Kier alpha value is -2.54. The van der Waals surface area contributed by atoms with Gasteiger partial charge in [-0.1, -0.05) is 11.6 Å². The Morgan fingerprint density at radius 1 is 1.18 bits per heavy atom. The summed E-state index contributed by atoms with van der Waals surface area (Å²) in [5.74, 6) is 0.201. The van der Waals surface area contributed by atoms with Gasteiger partial charge in [0.15, 0.2) is 6.54 Å². The molecule has 2 aromatic rings. The van der Waals surface area contributed by atoms with Gasteiger partial charge >= 0.3 is 6.09 Å². The molecule has 0 bridgehead atoms. The Kier molecular flexibility index (Phi) is 5.26. The van der Waals surface area contributed by atoms with Crippen LogP contribution in [0.2, 0.25) is 0 Å². The van der Waals surface area contributed by atoms with Gasteiger partial charge in [0.05, 0.1) is 32.8 Å². The van der Waals surface area contributed by atoms with Crippen molar-refractivity contribution in [1.82, 2.24) is 14.8 Å². The lowest BCUT2D eigenvalue weighted by Gasteiger charge is -2.33. The monoisotopic (exact) mass is 385 g/mol. The molecule has 2 N–H and O–H groups in total. The van der Waals surface area contributed by atoms with E-state index < -0.39 is 0 Å². The van der Waals surface area contributed by atoms with Crippen molar-refractivity contribution in [2.45, 2.75) is 26.8 Å². The van der Waals surface area contributed by atoms with Crippen LogP contribution in [0.4, 0.5) is 4.79 Å². The molecule has 2 amide bonds. The average Bonchev–Trinajstić information content (AvgIpc) is 3.05. The van der Waals surface area contributed by atoms with Crippen molar-refractivity contribution in [3.05, 3.63) is 35.0 Å². The number of hydrogen-bond donors (Lipinski definition) is 2. The second kappa shape index (κ2) is 7.83. The maximum absolute atomic E-state index is 12.9. The quantitative estimate of drug-likeness (QED) is 0.818. The molecule has 0 saturated carbocycles. The minimum atomic E-state index is -0.244. The Balaban J connectivity index is 1.36. The van der Waals surface area contributed by atoms with Gasteiger partial charge in [-0.15, -0.1) is 0 Å². The first-order valence-electron chi connectivity index (χ1n) is 10.2. The summed E-state index contributed by atoms with van der Waals surface area (Å²) in [5, 5.41) is 1.24. The number of benzene rings is 1. The molecule has 28 heavy (non-hydrogen) atoms. The van der Waals surface area contributed by atoms with E-state index in [2.05, 4.69) is 30.1 Å². The van der Waals surface area contributed by atoms with Gasteiger partial charge < -0.3 is 19.5 Å². The van der Waals surface area contributed by atoms with Crippen LogP contribution < -0.4 is 4.90 Å². The number of amides is 2. The molecule has 7 nitrogen and oxygen atoms in total. The summed E-state index contributed by atoms with van der Waals surface area (Å²) in [4.78, 5) is 33.2. The first-order chi connectivity index (χ1) is 13.5. The third-order valence-corrected chi connectivity index (χ3v) is 5.88. The van der Waals surface area contributed by atoms with E-state index in [1.807, 2.05) is 11.8 Å². The number of aromatic amines is 1. The van der Waals surface area contributed by atoms with Crippen LogP contribution >= 0.6 is 0 Å². The van der Waals surface area contributed by atoms with E-state index in [1.54, 1.807) is 4.90 Å². The van der Waals surface area contributed by atoms with Crippen LogP contribution in [0.25, 0.3) is 10.9 Å². The Bertz CT molecular complexity index is 883. The lowest BCUT2D eigenvalue weighted by molar-refractivity contribution is -0.896. The van der Waals surface area contributed by atoms with Gasteiger partial charge in [-0.25, -0.2) is 4.79 Å². The standard InChI is InChI=1S/C21H28N4O3/c1-3-28-21(27)24-10-8-23(9-11-24)14-20(26)25-7-6-19-17(13-25)16-12-15(2)4-5-18(16)22-19/h4-5,12,22H,3,6-11,13-14H2,1-2H3/p+1. The average molecular weight is 385 g/mol. The molecule has 1 aromatic heterocycles. The third-order valence-electron chi connectivity index (χ3n) is 5.88. The highest BCUT2D eigenvalue weighted by atomic mass is 16.6. The molecule has 0 radical (unpaired) electrons. The molecule has 7 heteroatoms. The van der Waals surface area contributed by atoms with E-state index in [0.717, 1.165) is 31.6 Å². The first kappa shape index (κ1) is 18.8. The van der Waals surface area contributed by atoms with Crippen LogP contribution in [0.1, 0.15) is 23.7 Å². The number of carbonyl (C=O) groups excluding carboxylic acids is 2. The van der Waals surface area contributed by atoms with Crippen LogP contribution in [0.5, 0.6) is 0 Å². The topological polar surface area (TPSA) is 70.1 Å². The van der Waals surface area contributed by atoms with Crippen molar-refractivity contribution >= 4 is 22.9 Å². The van der Waals surface area contributed by atoms with E-state index in [4.69, 9.17) is 4.74 Å². The molecule has 0 spiro atoms. The summed E-state index contributed by atoms with van der Waals surface area (Å²) in [6, 6.07) is 6.45. The predicted molar refractivity (Wildman–Crippen MR) is 106 cm³/mol. The highest BCUT2D eigenvalue weighted by Gasteiger charge is 2.29. The van der Waals surface area contributed by atoms with E-state index in [1.165, 1.54) is 27.1 Å². The summed E-state index contributed by atoms with van der Waals surface area (Å²) in [6.07, 6.45) is 0.631. The van der Waals surface area contributed by atoms with Crippen LogP contribution in [0.3, 0.4) is 0 Å². The van der Waals surface area contributed by atoms with Crippen molar-refractivity contribution < 1.29 is 19.2 Å². The number of carbonyl (C=O) groups is 2. The molecule has 0 unspecified atom stereocenters. The van der Waals surface area contributed by atoms with E-state index >= 15 is 0 Å². The fourth-order valence-electron chi connectivity index (χ4n) is 4.26. The number of nitrogens with one attached hydrogen (secondary N) is 2. The van der Waals surface area contributed by atoms with Crippen molar-refractivity contribution in [3.63, 3.8) is 0 Å². The largest absolute Gasteiger partial charge is 0.450 e. The number of aromatic nitrogens is 1. The van der Waals surface area contributed by atoms with Crippen molar-refractivity contribution in [2.75, 3.05) is 45.9 Å². The molecule has 0 aliphatic carbocycles. The lowest BCUT2D eigenvalue weighted by atomic mass is 10.0. The van der Waals surface area contributed by atoms with Crippen LogP contribution in [0, 0.1) is 6.92 Å². The second-order valence-corrected chi connectivity index (χ2v) is 7.81. The molecule has 4 rings (SSSR count). The highest BCUT2D eigenvalue weighted by Crippen LogP contribution is 2.28. The number of fused-ring (bicyclic) bond motifs is 3. The fraction of sp³-hybridized carbons (Fsp3) is 0.524. The SMILES string of the molecule is CCOC(=O)N1CC[NH+](CC(=O)N2CCc3[nH]c4ccc(C)cc4c3C2)CC1. The van der Waals surface area contributed by atoms with Crippen LogP contribution in [0.15, 0.2) is 18.2 Å². The van der Waals surface area contributed by atoms with Gasteiger partial charge in [-0.05, 0) is 26.0 Å². The molecule has 2 aliphatic rings. The minimum Gasteiger partial charge on any atom is -0.450 e. The summed E-state index contributed by atoms with van der Waals surface area (Å²) >= 11 is 0. The second-order valence-electron chi connectivity index (χ2n) is 7.81. The van der Waals surface area contributed by atoms with Gasteiger partial charge in [0.2, 0.25) is 0 Å². The number of aryl methyl sites for hydroxylation is 1. The molecule has 2 aliphatic heterocycles. The normalized spacial score (nSPS) is 17.6.